The monoisotopic (exact) mass is 304 g/mol. The van der Waals surface area contributed by atoms with Gasteiger partial charge in [-0.3, -0.25) is 4.79 Å². The van der Waals surface area contributed by atoms with E-state index in [1.807, 2.05) is 29.8 Å². The van der Waals surface area contributed by atoms with Crippen LogP contribution in [-0.2, 0) is 7.05 Å². The number of hydrogen-bond acceptors (Lipinski definition) is 1. The second kappa shape index (κ2) is 5.23. The average Bonchev–Trinajstić information content (AvgIpc) is 2.83. The predicted molar refractivity (Wildman–Crippen MR) is 83.1 cm³/mol. The fourth-order valence-corrected chi connectivity index (χ4v) is 2.91. The van der Waals surface area contributed by atoms with Gasteiger partial charge in [0, 0.05) is 50.1 Å². The smallest absolute Gasteiger partial charge is 0.256 e. The number of aromatic nitrogens is 1. The number of alkyl halides is 2. The van der Waals surface area contributed by atoms with Gasteiger partial charge in [-0.1, -0.05) is 24.8 Å². The Bertz CT molecular complexity index is 738. The zero-order valence-electron chi connectivity index (χ0n) is 12.5. The van der Waals surface area contributed by atoms with Gasteiger partial charge < -0.3 is 9.47 Å². The number of carbonyl (C=O) groups is 1. The van der Waals surface area contributed by atoms with Crippen LogP contribution in [0, 0.1) is 0 Å². The van der Waals surface area contributed by atoms with Crippen LogP contribution in [0.3, 0.4) is 0 Å². The first-order valence-corrected chi connectivity index (χ1v) is 7.30. The average molecular weight is 304 g/mol. The van der Waals surface area contributed by atoms with Gasteiger partial charge in [-0.05, 0) is 11.6 Å². The molecule has 3 rings (SSSR count). The highest BCUT2D eigenvalue weighted by Crippen LogP contribution is 2.30. The van der Waals surface area contributed by atoms with E-state index in [0.717, 1.165) is 16.5 Å². The summed E-state index contributed by atoms with van der Waals surface area (Å²) in [5.41, 5.74) is 2.48. The summed E-state index contributed by atoms with van der Waals surface area (Å²) in [6.45, 7) is 3.95. The fraction of sp³-hybridized carbons (Fsp3) is 0.353. The Kier molecular flexibility index (Phi) is 3.51. The molecule has 0 saturated carbocycles. The maximum Gasteiger partial charge on any atom is 0.256 e. The summed E-state index contributed by atoms with van der Waals surface area (Å²) in [4.78, 5) is 14.2. The van der Waals surface area contributed by atoms with Crippen LogP contribution >= 0.6 is 0 Å². The summed E-state index contributed by atoms with van der Waals surface area (Å²) in [6.07, 6.45) is 3.00. The van der Waals surface area contributed by atoms with Crippen molar-refractivity contribution in [3.8, 4) is 0 Å². The van der Waals surface area contributed by atoms with Crippen LogP contribution in [0.5, 0.6) is 0 Å². The van der Waals surface area contributed by atoms with Crippen LogP contribution in [0.25, 0.3) is 17.0 Å². The number of aryl methyl sites for hydroxylation is 1. The quantitative estimate of drug-likeness (QED) is 0.830. The van der Waals surface area contributed by atoms with Crippen LogP contribution in [0.15, 0.2) is 31.0 Å². The summed E-state index contributed by atoms with van der Waals surface area (Å²) in [7, 11) is 1.87. The number of amides is 1. The van der Waals surface area contributed by atoms with Crippen molar-refractivity contribution in [2.45, 2.75) is 18.8 Å². The summed E-state index contributed by atoms with van der Waals surface area (Å²) >= 11 is 0. The van der Waals surface area contributed by atoms with E-state index in [9.17, 15) is 13.6 Å². The Hall–Kier alpha value is -2.17. The molecule has 1 aromatic carbocycles. The number of likely N-dealkylation sites (tertiary alicyclic amines) is 1. The van der Waals surface area contributed by atoms with E-state index in [4.69, 9.17) is 0 Å². The molecule has 1 aliphatic heterocycles. The number of piperidine rings is 1. The van der Waals surface area contributed by atoms with Crippen LogP contribution < -0.4 is 0 Å². The number of nitrogens with zero attached hydrogens (tertiary/aromatic N) is 2. The maximum absolute atomic E-state index is 13.2. The molecule has 116 valence electrons. The minimum atomic E-state index is -2.64. The molecule has 22 heavy (non-hydrogen) atoms. The van der Waals surface area contributed by atoms with Gasteiger partial charge in [-0.25, -0.2) is 8.78 Å². The van der Waals surface area contributed by atoms with Gasteiger partial charge in [0.15, 0.2) is 0 Å². The number of fused-ring (bicyclic) bond motifs is 1. The molecule has 0 unspecified atom stereocenters. The summed E-state index contributed by atoms with van der Waals surface area (Å²) in [5, 5.41) is 0.843. The third-order valence-electron chi connectivity index (χ3n) is 4.26. The van der Waals surface area contributed by atoms with Gasteiger partial charge in [-0.15, -0.1) is 0 Å². The van der Waals surface area contributed by atoms with Crippen molar-refractivity contribution in [1.29, 1.82) is 0 Å². The van der Waals surface area contributed by atoms with E-state index in [1.165, 1.54) is 4.90 Å². The van der Waals surface area contributed by atoms with Crippen molar-refractivity contribution in [3.05, 3.63) is 42.1 Å². The molecule has 0 N–H and O–H groups in total. The zero-order valence-corrected chi connectivity index (χ0v) is 12.5. The van der Waals surface area contributed by atoms with Crippen molar-refractivity contribution in [3.63, 3.8) is 0 Å². The van der Waals surface area contributed by atoms with Crippen LogP contribution in [0.4, 0.5) is 8.78 Å². The van der Waals surface area contributed by atoms with Gasteiger partial charge in [0.2, 0.25) is 0 Å². The van der Waals surface area contributed by atoms with Crippen LogP contribution in [-0.4, -0.2) is 34.4 Å². The highest BCUT2D eigenvalue weighted by molar-refractivity contribution is 6.07. The fourth-order valence-electron chi connectivity index (χ4n) is 2.91. The molecule has 0 bridgehead atoms. The Morgan fingerprint density at radius 1 is 1.32 bits per heavy atom. The summed E-state index contributed by atoms with van der Waals surface area (Å²) in [6, 6.07) is 5.75. The normalized spacial score (nSPS) is 17.7. The summed E-state index contributed by atoms with van der Waals surface area (Å²) < 4.78 is 28.3. The van der Waals surface area contributed by atoms with E-state index in [0.29, 0.717) is 5.56 Å². The molecule has 2 aromatic rings. The first kappa shape index (κ1) is 14.8. The van der Waals surface area contributed by atoms with E-state index in [-0.39, 0.29) is 31.8 Å². The van der Waals surface area contributed by atoms with Gasteiger partial charge in [0.1, 0.15) is 0 Å². The van der Waals surface area contributed by atoms with Gasteiger partial charge >= 0.3 is 0 Å². The van der Waals surface area contributed by atoms with Crippen molar-refractivity contribution in [2.75, 3.05) is 13.1 Å². The highest BCUT2D eigenvalue weighted by atomic mass is 19.3. The largest absolute Gasteiger partial charge is 0.350 e. The van der Waals surface area contributed by atoms with Crippen LogP contribution in [0.2, 0.25) is 0 Å². The Morgan fingerprint density at radius 3 is 2.64 bits per heavy atom. The third-order valence-corrected chi connectivity index (χ3v) is 4.26. The second-order valence-electron chi connectivity index (χ2n) is 5.78. The SMILES string of the molecule is C=Cc1ccc2c(C(=O)N3CCC(F)(F)CC3)cn(C)c2c1. The molecule has 3 nitrogen and oxygen atoms in total. The number of hydrogen-bond donors (Lipinski definition) is 0. The number of rotatable bonds is 2. The lowest BCUT2D eigenvalue weighted by Crippen LogP contribution is -2.42. The molecular formula is C17H18F2N2O. The number of carbonyl (C=O) groups excluding carboxylic acids is 1. The molecule has 1 amide bonds. The molecule has 0 atom stereocenters. The van der Waals surface area contributed by atoms with Crippen molar-refractivity contribution in [1.82, 2.24) is 9.47 Å². The molecule has 0 spiro atoms. The lowest BCUT2D eigenvalue weighted by Gasteiger charge is -2.31. The number of halogens is 2. The van der Waals surface area contributed by atoms with E-state index < -0.39 is 5.92 Å². The Balaban J connectivity index is 1.93. The molecule has 5 heteroatoms. The molecule has 1 saturated heterocycles. The van der Waals surface area contributed by atoms with Crippen LogP contribution in [0.1, 0.15) is 28.8 Å². The zero-order chi connectivity index (χ0) is 15.9. The topological polar surface area (TPSA) is 25.2 Å². The lowest BCUT2D eigenvalue weighted by molar-refractivity contribution is -0.0493. The molecule has 2 heterocycles. The number of benzene rings is 1. The molecule has 1 fully saturated rings. The molecular weight excluding hydrogens is 286 g/mol. The summed E-state index contributed by atoms with van der Waals surface area (Å²) in [5.74, 6) is -2.82. The van der Waals surface area contributed by atoms with Gasteiger partial charge in [0.05, 0.1) is 5.56 Å². The first-order valence-electron chi connectivity index (χ1n) is 7.30. The first-order chi connectivity index (χ1) is 10.4. The third kappa shape index (κ3) is 2.51. The molecule has 0 aliphatic carbocycles. The minimum Gasteiger partial charge on any atom is -0.350 e. The predicted octanol–water partition coefficient (Wildman–Crippen LogP) is 3.69. The van der Waals surface area contributed by atoms with E-state index in [1.54, 1.807) is 12.3 Å². The van der Waals surface area contributed by atoms with E-state index in [2.05, 4.69) is 6.58 Å². The van der Waals surface area contributed by atoms with Crippen molar-refractivity contribution in [2.24, 2.45) is 7.05 Å². The standard InChI is InChI=1S/C17H18F2N2O/c1-3-12-4-5-13-14(11-20(2)15(13)10-12)16(22)21-8-6-17(18,19)7-9-21/h3-5,10-11H,1,6-9H2,2H3. The molecule has 0 radical (unpaired) electrons. The van der Waals surface area contributed by atoms with Gasteiger partial charge in [0.25, 0.3) is 11.8 Å². The molecule has 1 aliphatic rings. The Morgan fingerprint density at radius 2 is 2.00 bits per heavy atom. The lowest BCUT2D eigenvalue weighted by atomic mass is 10.0. The Labute approximate surface area is 127 Å². The highest BCUT2D eigenvalue weighted by Gasteiger charge is 2.36. The van der Waals surface area contributed by atoms with Gasteiger partial charge in [-0.2, -0.15) is 0 Å². The molecule has 1 aromatic heterocycles. The minimum absolute atomic E-state index is 0.104. The van der Waals surface area contributed by atoms with Crippen molar-refractivity contribution < 1.29 is 13.6 Å². The maximum atomic E-state index is 13.2. The second-order valence-corrected chi connectivity index (χ2v) is 5.78. The van der Waals surface area contributed by atoms with Crippen molar-refractivity contribution >= 4 is 22.9 Å². The van der Waals surface area contributed by atoms with E-state index >= 15 is 0 Å².